The molecule has 0 atom stereocenters. The van der Waals surface area contributed by atoms with E-state index in [0.29, 0.717) is 25.9 Å². The molecule has 1 saturated heterocycles. The van der Waals surface area contributed by atoms with Gasteiger partial charge in [-0.1, -0.05) is 0 Å². The first-order chi connectivity index (χ1) is 7.10. The van der Waals surface area contributed by atoms with E-state index in [9.17, 15) is 8.78 Å². The van der Waals surface area contributed by atoms with Gasteiger partial charge in [-0.3, -0.25) is 0 Å². The molecule has 0 bridgehead atoms. The lowest BCUT2D eigenvalue weighted by Gasteiger charge is -2.29. The Kier molecular flexibility index (Phi) is 3.42. The molecule has 1 N–H and O–H groups in total. The van der Waals surface area contributed by atoms with Crippen molar-refractivity contribution in [3.63, 3.8) is 0 Å². The average molecular weight is 296 g/mol. The molecule has 0 aromatic carbocycles. The summed E-state index contributed by atoms with van der Waals surface area (Å²) in [4.78, 5) is 0.182. The Morgan fingerprint density at radius 2 is 2.00 bits per heavy atom. The van der Waals surface area contributed by atoms with Gasteiger partial charge in [0.2, 0.25) is 0 Å². The fourth-order valence-electron chi connectivity index (χ4n) is 1.88. The Labute approximate surface area is 100 Å². The van der Waals surface area contributed by atoms with Gasteiger partial charge in [-0.05, 0) is 54.0 Å². The Morgan fingerprint density at radius 1 is 1.33 bits per heavy atom. The zero-order valence-electron chi connectivity index (χ0n) is 8.10. The van der Waals surface area contributed by atoms with Gasteiger partial charge < -0.3 is 5.32 Å². The van der Waals surface area contributed by atoms with Crippen molar-refractivity contribution < 1.29 is 8.78 Å². The highest BCUT2D eigenvalue weighted by molar-refractivity contribution is 9.11. The minimum Gasteiger partial charge on any atom is -0.317 e. The van der Waals surface area contributed by atoms with Crippen molar-refractivity contribution in [2.24, 2.45) is 5.92 Å². The lowest BCUT2D eigenvalue weighted by molar-refractivity contribution is -0.0720. The number of thiophene rings is 1. The van der Waals surface area contributed by atoms with Crippen LogP contribution in [0.1, 0.15) is 17.7 Å². The molecule has 1 aliphatic heterocycles. The Hall–Kier alpha value is -0.0000000000000000486. The highest BCUT2D eigenvalue weighted by atomic mass is 79.9. The van der Waals surface area contributed by atoms with Crippen molar-refractivity contribution in [1.29, 1.82) is 0 Å². The smallest absolute Gasteiger partial charge is 0.285 e. The molecule has 0 radical (unpaired) electrons. The van der Waals surface area contributed by atoms with E-state index in [1.807, 2.05) is 0 Å². The maximum absolute atomic E-state index is 14.0. The highest BCUT2D eigenvalue weighted by Gasteiger charge is 2.42. The molecule has 0 amide bonds. The molecule has 1 aromatic heterocycles. The van der Waals surface area contributed by atoms with E-state index in [4.69, 9.17) is 0 Å². The lowest BCUT2D eigenvalue weighted by atomic mass is 9.90. The van der Waals surface area contributed by atoms with Gasteiger partial charge in [0.1, 0.15) is 0 Å². The molecule has 0 saturated carbocycles. The fraction of sp³-hybridized carbons (Fsp3) is 0.600. The second kappa shape index (κ2) is 4.47. The molecule has 1 aromatic rings. The van der Waals surface area contributed by atoms with Gasteiger partial charge in [-0.2, -0.15) is 0 Å². The quantitative estimate of drug-likeness (QED) is 0.879. The standard InChI is InChI=1S/C10H12BrF2NS/c11-9-2-1-8(15-9)10(12,13)7-3-5-14-6-4-7/h1-2,7,14H,3-6H2. The molecule has 2 heterocycles. The second-order valence-corrected chi connectivity index (χ2v) is 6.21. The summed E-state index contributed by atoms with van der Waals surface area (Å²) in [5.41, 5.74) is 0. The molecule has 2 rings (SSSR count). The third-order valence-electron chi connectivity index (χ3n) is 2.75. The van der Waals surface area contributed by atoms with Gasteiger partial charge in [0.25, 0.3) is 5.92 Å². The van der Waals surface area contributed by atoms with Crippen molar-refractivity contribution in [3.05, 3.63) is 20.8 Å². The van der Waals surface area contributed by atoms with Crippen LogP contribution in [0, 0.1) is 5.92 Å². The molecule has 1 aliphatic rings. The predicted molar refractivity (Wildman–Crippen MR) is 61.5 cm³/mol. The number of hydrogen-bond donors (Lipinski definition) is 1. The molecular formula is C10H12BrF2NS. The minimum atomic E-state index is -2.67. The largest absolute Gasteiger partial charge is 0.317 e. The van der Waals surface area contributed by atoms with E-state index in [0.717, 1.165) is 15.1 Å². The Bertz CT molecular complexity index is 334. The predicted octanol–water partition coefficient (Wildman–Crippen LogP) is 3.60. The van der Waals surface area contributed by atoms with Crippen molar-refractivity contribution in [2.75, 3.05) is 13.1 Å². The summed E-state index contributed by atoms with van der Waals surface area (Å²) in [7, 11) is 0. The summed E-state index contributed by atoms with van der Waals surface area (Å²) in [6, 6.07) is 3.21. The molecular weight excluding hydrogens is 284 g/mol. The summed E-state index contributed by atoms with van der Waals surface area (Å²) in [5, 5.41) is 3.10. The van der Waals surface area contributed by atoms with Gasteiger partial charge in [-0.15, -0.1) is 11.3 Å². The number of nitrogens with one attached hydrogen (secondary N) is 1. The molecule has 1 fully saturated rings. The van der Waals surface area contributed by atoms with Crippen LogP contribution >= 0.6 is 27.3 Å². The Balaban J connectivity index is 2.17. The zero-order chi connectivity index (χ0) is 10.9. The number of alkyl halides is 2. The van der Waals surface area contributed by atoms with E-state index in [1.165, 1.54) is 6.07 Å². The topological polar surface area (TPSA) is 12.0 Å². The summed E-state index contributed by atoms with van der Waals surface area (Å²) < 4.78 is 28.8. The first-order valence-electron chi connectivity index (χ1n) is 4.95. The van der Waals surface area contributed by atoms with Gasteiger partial charge in [0.05, 0.1) is 8.66 Å². The maximum atomic E-state index is 14.0. The first-order valence-corrected chi connectivity index (χ1v) is 6.56. The van der Waals surface area contributed by atoms with Gasteiger partial charge in [0, 0.05) is 5.92 Å². The molecule has 1 nitrogen and oxygen atoms in total. The molecule has 0 aliphatic carbocycles. The first kappa shape index (κ1) is 11.5. The fourth-order valence-corrected chi connectivity index (χ4v) is 3.32. The summed E-state index contributed by atoms with van der Waals surface area (Å²) >= 11 is 4.36. The second-order valence-electron chi connectivity index (χ2n) is 3.75. The van der Waals surface area contributed by atoms with Crippen LogP contribution < -0.4 is 5.32 Å². The molecule has 15 heavy (non-hydrogen) atoms. The van der Waals surface area contributed by atoms with Crippen LogP contribution in [0.4, 0.5) is 8.78 Å². The maximum Gasteiger partial charge on any atom is 0.285 e. The van der Waals surface area contributed by atoms with Crippen molar-refractivity contribution in [2.45, 2.75) is 18.8 Å². The lowest BCUT2D eigenvalue weighted by Crippen LogP contribution is -2.36. The Morgan fingerprint density at radius 3 is 2.53 bits per heavy atom. The van der Waals surface area contributed by atoms with Crippen LogP contribution in [-0.4, -0.2) is 13.1 Å². The van der Waals surface area contributed by atoms with E-state index in [-0.39, 0.29) is 4.88 Å². The van der Waals surface area contributed by atoms with E-state index in [1.54, 1.807) is 6.07 Å². The number of halogens is 3. The third kappa shape index (κ3) is 2.40. The summed E-state index contributed by atoms with van der Waals surface area (Å²) in [5.74, 6) is -3.18. The molecule has 0 spiro atoms. The minimum absolute atomic E-state index is 0.182. The van der Waals surface area contributed by atoms with E-state index in [2.05, 4.69) is 21.2 Å². The average Bonchev–Trinajstić information content (AvgIpc) is 2.67. The van der Waals surface area contributed by atoms with Gasteiger partial charge >= 0.3 is 0 Å². The molecule has 84 valence electrons. The normalized spacial score (nSPS) is 19.4. The summed E-state index contributed by atoms with van der Waals surface area (Å²) in [6.07, 6.45) is 1.12. The number of rotatable bonds is 2. The van der Waals surface area contributed by atoms with Gasteiger partial charge in [-0.25, -0.2) is 8.78 Å². The van der Waals surface area contributed by atoms with Crippen LogP contribution in [0.5, 0.6) is 0 Å². The van der Waals surface area contributed by atoms with Crippen LogP contribution in [0.2, 0.25) is 0 Å². The van der Waals surface area contributed by atoms with Crippen LogP contribution in [0.15, 0.2) is 15.9 Å². The van der Waals surface area contributed by atoms with E-state index >= 15 is 0 Å². The summed E-state index contributed by atoms with van der Waals surface area (Å²) in [6.45, 7) is 1.40. The van der Waals surface area contributed by atoms with Crippen LogP contribution in [-0.2, 0) is 5.92 Å². The number of piperidine rings is 1. The van der Waals surface area contributed by atoms with Crippen LogP contribution in [0.3, 0.4) is 0 Å². The highest BCUT2D eigenvalue weighted by Crippen LogP contribution is 2.44. The third-order valence-corrected chi connectivity index (χ3v) is 4.46. The molecule has 0 unspecified atom stereocenters. The monoisotopic (exact) mass is 295 g/mol. The van der Waals surface area contributed by atoms with Crippen LogP contribution in [0.25, 0.3) is 0 Å². The number of hydrogen-bond acceptors (Lipinski definition) is 2. The zero-order valence-corrected chi connectivity index (χ0v) is 10.5. The van der Waals surface area contributed by atoms with Crippen molar-refractivity contribution >= 4 is 27.3 Å². The van der Waals surface area contributed by atoms with Crippen molar-refractivity contribution in [1.82, 2.24) is 5.32 Å². The van der Waals surface area contributed by atoms with E-state index < -0.39 is 11.8 Å². The molecule has 5 heteroatoms. The van der Waals surface area contributed by atoms with Crippen molar-refractivity contribution in [3.8, 4) is 0 Å². The SMILES string of the molecule is FC(F)(c1ccc(Br)s1)C1CCNCC1. The van der Waals surface area contributed by atoms with Gasteiger partial charge in [0.15, 0.2) is 0 Å².